The van der Waals surface area contributed by atoms with Gasteiger partial charge in [-0.15, -0.1) is 11.3 Å². The molecule has 3 aromatic rings. The number of ether oxygens (including phenoxy) is 1. The van der Waals surface area contributed by atoms with E-state index in [2.05, 4.69) is 4.98 Å². The van der Waals surface area contributed by atoms with E-state index in [-0.39, 0.29) is 0 Å². The van der Waals surface area contributed by atoms with Gasteiger partial charge < -0.3 is 4.74 Å². The Bertz CT molecular complexity index is 782. The number of esters is 1. The van der Waals surface area contributed by atoms with Crippen LogP contribution >= 0.6 is 22.9 Å². The Balaban J connectivity index is 2.31. The smallest absolute Gasteiger partial charge is 0.341 e. The van der Waals surface area contributed by atoms with E-state index in [9.17, 15) is 4.79 Å². The molecule has 0 saturated carbocycles. The van der Waals surface area contributed by atoms with E-state index in [4.69, 9.17) is 16.3 Å². The van der Waals surface area contributed by atoms with Crippen molar-refractivity contribution < 1.29 is 9.53 Å². The quantitative estimate of drug-likeness (QED) is 0.662. The highest BCUT2D eigenvalue weighted by atomic mass is 35.5. The molecule has 0 bridgehead atoms. The number of hydrogen-bond acceptors (Lipinski definition) is 4. The SMILES string of the molecule is CCOC(=O)c1cnc2sc3ccccc3c2c1Cl. The second-order valence-corrected chi connectivity index (χ2v) is 5.39. The Morgan fingerprint density at radius 2 is 2.21 bits per heavy atom. The van der Waals surface area contributed by atoms with Crippen LogP contribution in [0.2, 0.25) is 5.02 Å². The van der Waals surface area contributed by atoms with Crippen LogP contribution < -0.4 is 0 Å². The summed E-state index contributed by atoms with van der Waals surface area (Å²) in [6, 6.07) is 7.92. The van der Waals surface area contributed by atoms with E-state index in [1.807, 2.05) is 24.3 Å². The predicted molar refractivity (Wildman–Crippen MR) is 78.1 cm³/mol. The van der Waals surface area contributed by atoms with Crippen LogP contribution in [0, 0.1) is 0 Å². The first-order chi connectivity index (χ1) is 9.22. The Labute approximate surface area is 118 Å². The molecular weight excluding hydrogens is 282 g/mol. The molecular formula is C14H10ClNO2S. The van der Waals surface area contributed by atoms with Gasteiger partial charge in [0.25, 0.3) is 0 Å². The van der Waals surface area contributed by atoms with E-state index < -0.39 is 5.97 Å². The summed E-state index contributed by atoms with van der Waals surface area (Å²) in [5.41, 5.74) is 0.319. The topological polar surface area (TPSA) is 39.2 Å². The van der Waals surface area contributed by atoms with Crippen LogP contribution in [0.1, 0.15) is 17.3 Å². The molecule has 2 aromatic heterocycles. The van der Waals surface area contributed by atoms with E-state index in [1.165, 1.54) is 6.20 Å². The predicted octanol–water partition coefficient (Wildman–Crippen LogP) is 4.28. The molecule has 5 heteroatoms. The van der Waals surface area contributed by atoms with Crippen molar-refractivity contribution in [3.05, 3.63) is 41.0 Å². The minimum absolute atomic E-state index is 0.317. The van der Waals surface area contributed by atoms with E-state index in [0.717, 1.165) is 20.3 Å². The Hall–Kier alpha value is -1.65. The molecule has 0 aliphatic rings. The zero-order valence-corrected chi connectivity index (χ0v) is 11.7. The fourth-order valence-electron chi connectivity index (χ4n) is 2.00. The van der Waals surface area contributed by atoms with Gasteiger partial charge in [-0.2, -0.15) is 0 Å². The molecule has 0 radical (unpaired) electrons. The van der Waals surface area contributed by atoms with Crippen LogP contribution in [0.4, 0.5) is 0 Å². The number of benzene rings is 1. The summed E-state index contributed by atoms with van der Waals surface area (Å²) in [7, 11) is 0. The molecule has 1 aromatic carbocycles. The number of carbonyl (C=O) groups excluding carboxylic acids is 1. The summed E-state index contributed by atoms with van der Waals surface area (Å²) in [5.74, 6) is -0.433. The maximum absolute atomic E-state index is 11.8. The van der Waals surface area contributed by atoms with E-state index >= 15 is 0 Å². The van der Waals surface area contributed by atoms with Gasteiger partial charge in [0.1, 0.15) is 4.83 Å². The zero-order valence-electron chi connectivity index (χ0n) is 10.1. The zero-order chi connectivity index (χ0) is 13.4. The van der Waals surface area contributed by atoms with E-state index in [1.54, 1.807) is 18.3 Å². The fourth-order valence-corrected chi connectivity index (χ4v) is 3.43. The van der Waals surface area contributed by atoms with Gasteiger partial charge in [0.15, 0.2) is 0 Å². The minimum Gasteiger partial charge on any atom is -0.462 e. The summed E-state index contributed by atoms with van der Waals surface area (Å²) in [6.45, 7) is 2.08. The first kappa shape index (κ1) is 12.4. The molecule has 0 N–H and O–H groups in total. The molecule has 0 saturated heterocycles. The third-order valence-electron chi connectivity index (χ3n) is 2.84. The van der Waals surface area contributed by atoms with Gasteiger partial charge in [-0.3, -0.25) is 0 Å². The average Bonchev–Trinajstić information content (AvgIpc) is 2.78. The number of carbonyl (C=O) groups is 1. The van der Waals surface area contributed by atoms with Crippen molar-refractivity contribution in [2.75, 3.05) is 6.61 Å². The Kier molecular flexibility index (Phi) is 3.12. The van der Waals surface area contributed by atoms with Crippen molar-refractivity contribution in [2.24, 2.45) is 0 Å². The highest BCUT2D eigenvalue weighted by molar-refractivity contribution is 7.25. The van der Waals surface area contributed by atoms with Gasteiger partial charge in [-0.05, 0) is 13.0 Å². The summed E-state index contributed by atoms with van der Waals surface area (Å²) in [5, 5.41) is 2.26. The van der Waals surface area contributed by atoms with E-state index in [0.29, 0.717) is 17.2 Å². The molecule has 3 rings (SSSR count). The van der Waals surface area contributed by atoms with Crippen molar-refractivity contribution in [3.63, 3.8) is 0 Å². The summed E-state index contributed by atoms with van der Waals surface area (Å²) in [6.07, 6.45) is 1.48. The molecule has 0 aliphatic carbocycles. The van der Waals surface area contributed by atoms with Crippen molar-refractivity contribution in [3.8, 4) is 0 Å². The molecule has 0 spiro atoms. The second-order valence-electron chi connectivity index (χ2n) is 3.98. The van der Waals surface area contributed by atoms with Crippen molar-refractivity contribution in [1.82, 2.24) is 4.98 Å². The number of aromatic nitrogens is 1. The van der Waals surface area contributed by atoms with Crippen LogP contribution in [0.3, 0.4) is 0 Å². The molecule has 0 amide bonds. The van der Waals surface area contributed by atoms with Gasteiger partial charge in [-0.25, -0.2) is 9.78 Å². The normalized spacial score (nSPS) is 11.1. The van der Waals surface area contributed by atoms with Gasteiger partial charge >= 0.3 is 5.97 Å². The highest BCUT2D eigenvalue weighted by Gasteiger charge is 2.18. The lowest BCUT2D eigenvalue weighted by Crippen LogP contribution is -2.05. The fraction of sp³-hybridized carbons (Fsp3) is 0.143. The third kappa shape index (κ3) is 1.97. The monoisotopic (exact) mass is 291 g/mol. The minimum atomic E-state index is -0.433. The average molecular weight is 292 g/mol. The number of rotatable bonds is 2. The first-order valence-electron chi connectivity index (χ1n) is 5.85. The molecule has 96 valence electrons. The summed E-state index contributed by atoms with van der Waals surface area (Å²) in [4.78, 5) is 17.0. The summed E-state index contributed by atoms with van der Waals surface area (Å²) < 4.78 is 6.09. The van der Waals surface area contributed by atoms with Crippen LogP contribution in [0.15, 0.2) is 30.5 Å². The molecule has 0 aliphatic heterocycles. The molecule has 3 nitrogen and oxygen atoms in total. The number of thiophene rings is 1. The highest BCUT2D eigenvalue weighted by Crippen LogP contribution is 2.38. The van der Waals surface area contributed by atoms with Crippen LogP contribution in [-0.4, -0.2) is 17.6 Å². The maximum atomic E-state index is 11.8. The lowest BCUT2D eigenvalue weighted by molar-refractivity contribution is 0.0526. The number of halogens is 1. The standard InChI is InChI=1S/C14H10ClNO2S/c1-2-18-14(17)9-7-16-13-11(12(9)15)8-5-3-4-6-10(8)19-13/h3-7H,2H2,1H3. The first-order valence-corrected chi connectivity index (χ1v) is 7.04. The molecule has 2 heterocycles. The molecule has 19 heavy (non-hydrogen) atoms. The number of nitrogens with zero attached hydrogens (tertiary/aromatic N) is 1. The number of fused-ring (bicyclic) bond motifs is 3. The largest absolute Gasteiger partial charge is 0.462 e. The second kappa shape index (κ2) is 4.79. The third-order valence-corrected chi connectivity index (χ3v) is 4.31. The van der Waals surface area contributed by atoms with Gasteiger partial charge in [0, 0.05) is 21.7 Å². The van der Waals surface area contributed by atoms with Crippen molar-refractivity contribution >= 4 is 49.2 Å². The van der Waals surface area contributed by atoms with Crippen LogP contribution in [0.25, 0.3) is 20.3 Å². The maximum Gasteiger partial charge on any atom is 0.341 e. The van der Waals surface area contributed by atoms with Crippen LogP contribution in [0.5, 0.6) is 0 Å². The molecule has 0 unspecified atom stereocenters. The van der Waals surface area contributed by atoms with Gasteiger partial charge in [0.05, 0.1) is 17.2 Å². The van der Waals surface area contributed by atoms with Crippen molar-refractivity contribution in [2.45, 2.75) is 6.92 Å². The number of hydrogen-bond donors (Lipinski definition) is 0. The molecule has 0 fully saturated rings. The van der Waals surface area contributed by atoms with Gasteiger partial charge in [-0.1, -0.05) is 29.8 Å². The number of pyridine rings is 1. The Morgan fingerprint density at radius 3 is 3.00 bits per heavy atom. The lowest BCUT2D eigenvalue weighted by Gasteiger charge is -2.04. The Morgan fingerprint density at radius 1 is 1.42 bits per heavy atom. The van der Waals surface area contributed by atoms with Crippen molar-refractivity contribution in [1.29, 1.82) is 0 Å². The summed E-state index contributed by atoms with van der Waals surface area (Å²) >= 11 is 7.92. The lowest BCUT2D eigenvalue weighted by atomic mass is 10.1. The van der Waals surface area contributed by atoms with Crippen LogP contribution in [-0.2, 0) is 4.74 Å². The van der Waals surface area contributed by atoms with Gasteiger partial charge in [0.2, 0.25) is 0 Å². The molecule has 0 atom stereocenters.